The van der Waals surface area contributed by atoms with Crippen molar-refractivity contribution in [2.75, 3.05) is 12.4 Å². The second kappa shape index (κ2) is 9.36. The Morgan fingerprint density at radius 2 is 1.83 bits per heavy atom. The zero-order valence-corrected chi connectivity index (χ0v) is 16.0. The average molecular weight is 392 g/mol. The van der Waals surface area contributed by atoms with E-state index in [0.29, 0.717) is 18.0 Å². The monoisotopic (exact) mass is 392 g/mol. The van der Waals surface area contributed by atoms with Crippen LogP contribution in [0.15, 0.2) is 66.9 Å². The van der Waals surface area contributed by atoms with Crippen LogP contribution in [-0.4, -0.2) is 24.0 Å². The molecule has 3 rings (SSSR count). The van der Waals surface area contributed by atoms with Gasteiger partial charge in [-0.05, 0) is 17.7 Å². The number of pyridine rings is 1. The maximum absolute atomic E-state index is 12.7. The molecule has 0 aliphatic rings. The highest BCUT2D eigenvalue weighted by atomic mass is 16.6. The summed E-state index contributed by atoms with van der Waals surface area (Å²) in [5.74, 6) is -0.316. The third-order valence-electron chi connectivity index (χ3n) is 3.89. The molecule has 7 heteroatoms. The summed E-state index contributed by atoms with van der Waals surface area (Å²) in [5.41, 5.74) is 1.49. The van der Waals surface area contributed by atoms with Crippen molar-refractivity contribution >= 4 is 17.6 Å². The van der Waals surface area contributed by atoms with Gasteiger partial charge in [-0.1, -0.05) is 36.4 Å². The number of amides is 1. The number of hydrogen-bond donors (Lipinski definition) is 1. The van der Waals surface area contributed by atoms with Gasteiger partial charge in [0, 0.05) is 30.9 Å². The van der Waals surface area contributed by atoms with E-state index in [1.54, 1.807) is 24.3 Å². The van der Waals surface area contributed by atoms with Gasteiger partial charge in [-0.2, -0.15) is 0 Å². The summed E-state index contributed by atoms with van der Waals surface area (Å²) < 4.78 is 16.1. The van der Waals surface area contributed by atoms with Gasteiger partial charge < -0.3 is 19.5 Å². The molecule has 0 radical (unpaired) electrons. The van der Waals surface area contributed by atoms with Gasteiger partial charge in [0.25, 0.3) is 5.91 Å². The molecule has 0 bridgehead atoms. The fraction of sp³-hybridized carbons (Fsp3) is 0.136. The second-order valence-corrected chi connectivity index (χ2v) is 6.04. The molecule has 0 spiro atoms. The minimum Gasteiger partial charge on any atom is -0.493 e. The number of rotatable bonds is 7. The maximum atomic E-state index is 12.7. The number of carbonyl (C=O) groups is 2. The first kappa shape index (κ1) is 19.9. The molecule has 2 aromatic carbocycles. The number of nitrogens with one attached hydrogen (secondary N) is 1. The van der Waals surface area contributed by atoms with E-state index in [1.807, 2.05) is 30.3 Å². The molecule has 3 aromatic rings. The third kappa shape index (κ3) is 5.32. The van der Waals surface area contributed by atoms with Gasteiger partial charge >= 0.3 is 5.97 Å². The van der Waals surface area contributed by atoms with E-state index in [0.717, 1.165) is 5.56 Å². The van der Waals surface area contributed by atoms with Crippen molar-refractivity contribution in [3.8, 4) is 17.2 Å². The van der Waals surface area contributed by atoms with E-state index in [4.69, 9.17) is 14.2 Å². The van der Waals surface area contributed by atoms with Crippen molar-refractivity contribution in [1.82, 2.24) is 4.98 Å². The Kier molecular flexibility index (Phi) is 6.42. The SMILES string of the molecule is COc1ccnc(C(=O)Nc2cccc(OCc3ccccc3)c2)c1OC(C)=O. The number of methoxy groups -OCH3 is 1. The van der Waals surface area contributed by atoms with Gasteiger partial charge in [0.2, 0.25) is 5.75 Å². The molecule has 1 N–H and O–H groups in total. The molecule has 148 valence electrons. The van der Waals surface area contributed by atoms with Gasteiger partial charge in [-0.15, -0.1) is 0 Å². The average Bonchev–Trinajstić information content (AvgIpc) is 2.73. The number of esters is 1. The topological polar surface area (TPSA) is 86.8 Å². The molecular weight excluding hydrogens is 372 g/mol. The Balaban J connectivity index is 1.75. The summed E-state index contributed by atoms with van der Waals surface area (Å²) >= 11 is 0. The van der Waals surface area contributed by atoms with Gasteiger partial charge in [0.05, 0.1) is 7.11 Å². The molecular formula is C22H20N2O5. The lowest BCUT2D eigenvalue weighted by Gasteiger charge is -2.13. The highest BCUT2D eigenvalue weighted by molar-refractivity contribution is 6.05. The molecule has 29 heavy (non-hydrogen) atoms. The molecule has 0 saturated carbocycles. The van der Waals surface area contributed by atoms with Crippen LogP contribution in [0.4, 0.5) is 5.69 Å². The van der Waals surface area contributed by atoms with E-state index in [1.165, 1.54) is 26.3 Å². The highest BCUT2D eigenvalue weighted by Gasteiger charge is 2.20. The highest BCUT2D eigenvalue weighted by Crippen LogP contribution is 2.30. The molecule has 0 aliphatic heterocycles. The van der Waals surface area contributed by atoms with Crippen LogP contribution < -0.4 is 19.5 Å². The lowest BCUT2D eigenvalue weighted by molar-refractivity contribution is -0.132. The van der Waals surface area contributed by atoms with E-state index in [2.05, 4.69) is 10.3 Å². The number of benzene rings is 2. The van der Waals surface area contributed by atoms with Crippen LogP contribution in [0.3, 0.4) is 0 Å². The second-order valence-electron chi connectivity index (χ2n) is 6.04. The number of ether oxygens (including phenoxy) is 3. The number of nitrogens with zero attached hydrogens (tertiary/aromatic N) is 1. The minimum absolute atomic E-state index is 0.0310. The van der Waals surface area contributed by atoms with Crippen LogP contribution in [0.5, 0.6) is 17.2 Å². The van der Waals surface area contributed by atoms with Gasteiger partial charge in [0.15, 0.2) is 11.4 Å². The lowest BCUT2D eigenvalue weighted by atomic mass is 10.2. The first-order chi connectivity index (χ1) is 14.1. The molecule has 0 fully saturated rings. The van der Waals surface area contributed by atoms with E-state index in [-0.39, 0.29) is 17.2 Å². The van der Waals surface area contributed by atoms with Crippen LogP contribution in [-0.2, 0) is 11.4 Å². The number of aromatic nitrogens is 1. The molecule has 0 saturated heterocycles. The molecule has 1 amide bonds. The molecule has 1 aromatic heterocycles. The normalized spacial score (nSPS) is 10.1. The molecule has 1 heterocycles. The van der Waals surface area contributed by atoms with Gasteiger partial charge in [-0.25, -0.2) is 4.98 Å². The smallest absolute Gasteiger partial charge is 0.308 e. The van der Waals surface area contributed by atoms with Crippen LogP contribution in [0, 0.1) is 0 Å². The van der Waals surface area contributed by atoms with Crippen molar-refractivity contribution in [3.05, 3.63) is 78.1 Å². The summed E-state index contributed by atoms with van der Waals surface area (Å²) in [6, 6.07) is 18.3. The lowest BCUT2D eigenvalue weighted by Crippen LogP contribution is -2.17. The summed E-state index contributed by atoms with van der Waals surface area (Å²) in [4.78, 5) is 28.1. The zero-order chi connectivity index (χ0) is 20.6. The standard InChI is InChI=1S/C22H20N2O5/c1-15(25)29-21-19(27-2)11-12-23-20(21)22(26)24-17-9-6-10-18(13-17)28-14-16-7-4-3-5-8-16/h3-13H,14H2,1-2H3,(H,24,26). The Morgan fingerprint density at radius 1 is 1.03 bits per heavy atom. The summed E-state index contributed by atoms with van der Waals surface area (Å²) in [6.07, 6.45) is 1.40. The Labute approximate surface area is 168 Å². The quantitative estimate of drug-likeness (QED) is 0.615. The van der Waals surface area contributed by atoms with Crippen LogP contribution in [0.1, 0.15) is 23.0 Å². The van der Waals surface area contributed by atoms with E-state index < -0.39 is 11.9 Å². The zero-order valence-electron chi connectivity index (χ0n) is 16.0. The van der Waals surface area contributed by atoms with E-state index in [9.17, 15) is 9.59 Å². The number of carbonyl (C=O) groups excluding carboxylic acids is 2. The maximum Gasteiger partial charge on any atom is 0.308 e. The van der Waals surface area contributed by atoms with Gasteiger partial charge in [-0.3, -0.25) is 9.59 Å². The Morgan fingerprint density at radius 3 is 2.55 bits per heavy atom. The van der Waals surface area contributed by atoms with Crippen molar-refractivity contribution in [1.29, 1.82) is 0 Å². The largest absolute Gasteiger partial charge is 0.493 e. The molecule has 7 nitrogen and oxygen atoms in total. The van der Waals surface area contributed by atoms with Gasteiger partial charge in [0.1, 0.15) is 12.4 Å². The first-order valence-corrected chi connectivity index (χ1v) is 8.86. The number of hydrogen-bond acceptors (Lipinski definition) is 6. The third-order valence-corrected chi connectivity index (χ3v) is 3.89. The molecule has 0 unspecified atom stereocenters. The molecule has 0 atom stereocenters. The van der Waals surface area contributed by atoms with Crippen LogP contribution in [0.25, 0.3) is 0 Å². The minimum atomic E-state index is -0.582. The van der Waals surface area contributed by atoms with E-state index >= 15 is 0 Å². The summed E-state index contributed by atoms with van der Waals surface area (Å²) in [7, 11) is 1.41. The fourth-order valence-electron chi connectivity index (χ4n) is 2.59. The fourth-order valence-corrected chi connectivity index (χ4v) is 2.59. The van der Waals surface area contributed by atoms with Crippen molar-refractivity contribution < 1.29 is 23.8 Å². The number of anilines is 1. The van der Waals surface area contributed by atoms with Crippen molar-refractivity contribution in [3.63, 3.8) is 0 Å². The van der Waals surface area contributed by atoms with Crippen LogP contribution in [0.2, 0.25) is 0 Å². The molecule has 0 aliphatic carbocycles. The van der Waals surface area contributed by atoms with Crippen LogP contribution >= 0.6 is 0 Å². The van der Waals surface area contributed by atoms with Crippen molar-refractivity contribution in [2.24, 2.45) is 0 Å². The summed E-state index contributed by atoms with van der Waals surface area (Å²) in [5, 5.41) is 2.73. The Hall–Kier alpha value is -3.87. The predicted molar refractivity (Wildman–Crippen MR) is 107 cm³/mol. The summed E-state index contributed by atoms with van der Waals surface area (Å²) in [6.45, 7) is 1.65. The van der Waals surface area contributed by atoms with Crippen molar-refractivity contribution in [2.45, 2.75) is 13.5 Å². The Bertz CT molecular complexity index is 1010. The predicted octanol–water partition coefficient (Wildman–Crippen LogP) is 3.85. The first-order valence-electron chi connectivity index (χ1n) is 8.86.